The minimum atomic E-state index is -0.221. The molecule has 1 nitrogen and oxygen atoms in total. The van der Waals surface area contributed by atoms with Gasteiger partial charge in [-0.05, 0) is 29.7 Å². The molecule has 1 N–H and O–H groups in total. The van der Waals surface area contributed by atoms with E-state index in [0.29, 0.717) is 12.3 Å². The van der Waals surface area contributed by atoms with Gasteiger partial charge >= 0.3 is 0 Å². The summed E-state index contributed by atoms with van der Waals surface area (Å²) in [6.45, 7) is 3.73. The first-order valence-electron chi connectivity index (χ1n) is 4.36. The number of allylic oxidation sites excluding steroid dienone is 2. The Labute approximate surface area is 82.3 Å². The molecule has 1 aliphatic rings. The van der Waals surface area contributed by atoms with Crippen LogP contribution in [0.15, 0.2) is 23.2 Å². The molecule has 0 heterocycles. The third-order valence-corrected chi connectivity index (χ3v) is 2.61. The maximum absolute atomic E-state index is 9.72. The van der Waals surface area contributed by atoms with Crippen molar-refractivity contribution in [1.29, 1.82) is 0 Å². The van der Waals surface area contributed by atoms with E-state index in [1.165, 1.54) is 0 Å². The van der Waals surface area contributed by atoms with E-state index in [1.807, 2.05) is 0 Å². The number of aliphatic hydroxyl groups is 1. The first kappa shape index (κ1) is 10.0. The summed E-state index contributed by atoms with van der Waals surface area (Å²) in [5.41, 5.74) is 0. The lowest BCUT2D eigenvalue weighted by molar-refractivity contribution is 0.104. The minimum Gasteiger partial charge on any atom is -0.392 e. The minimum absolute atomic E-state index is 0.221. The molecule has 68 valence electrons. The second kappa shape index (κ2) is 4.83. The highest BCUT2D eigenvalue weighted by Gasteiger charge is 2.19. The van der Waals surface area contributed by atoms with Gasteiger partial charge in [-0.1, -0.05) is 34.7 Å². The van der Waals surface area contributed by atoms with Crippen molar-refractivity contribution in [2.45, 2.75) is 31.8 Å². The molecule has 0 bridgehead atoms. The lowest BCUT2D eigenvalue weighted by atomic mass is 9.88. The molecule has 0 amide bonds. The van der Waals surface area contributed by atoms with Crippen LogP contribution in [0.1, 0.15) is 25.7 Å². The van der Waals surface area contributed by atoms with E-state index in [-0.39, 0.29) is 6.10 Å². The van der Waals surface area contributed by atoms with E-state index in [9.17, 15) is 5.11 Å². The van der Waals surface area contributed by atoms with Gasteiger partial charge in [-0.2, -0.15) is 0 Å². The van der Waals surface area contributed by atoms with Gasteiger partial charge in [-0.25, -0.2) is 0 Å². The lowest BCUT2D eigenvalue weighted by Gasteiger charge is -2.23. The van der Waals surface area contributed by atoms with Gasteiger partial charge in [-0.15, -0.1) is 0 Å². The SMILES string of the molecule is C=C(Br)CC(O)C1CC=CCC1. The molecule has 1 aliphatic carbocycles. The fraction of sp³-hybridized carbons (Fsp3) is 0.600. The summed E-state index contributed by atoms with van der Waals surface area (Å²) >= 11 is 3.27. The van der Waals surface area contributed by atoms with Crippen molar-refractivity contribution in [3.8, 4) is 0 Å². The van der Waals surface area contributed by atoms with E-state index in [4.69, 9.17) is 0 Å². The molecule has 2 unspecified atom stereocenters. The Morgan fingerprint density at radius 1 is 1.67 bits per heavy atom. The molecule has 0 saturated carbocycles. The monoisotopic (exact) mass is 230 g/mol. The van der Waals surface area contributed by atoms with E-state index < -0.39 is 0 Å². The van der Waals surface area contributed by atoms with E-state index in [1.54, 1.807) is 0 Å². The van der Waals surface area contributed by atoms with Crippen LogP contribution in [0.4, 0.5) is 0 Å². The van der Waals surface area contributed by atoms with Crippen LogP contribution in [-0.2, 0) is 0 Å². The second-order valence-corrected chi connectivity index (χ2v) is 4.45. The zero-order chi connectivity index (χ0) is 8.97. The molecule has 0 fully saturated rings. The van der Waals surface area contributed by atoms with Crippen LogP contribution in [0.5, 0.6) is 0 Å². The van der Waals surface area contributed by atoms with Gasteiger partial charge in [-0.3, -0.25) is 0 Å². The number of hydrogen-bond acceptors (Lipinski definition) is 1. The number of aliphatic hydroxyl groups excluding tert-OH is 1. The Hall–Kier alpha value is -0.0800. The molecular formula is C10H15BrO. The van der Waals surface area contributed by atoms with E-state index in [2.05, 4.69) is 34.7 Å². The van der Waals surface area contributed by atoms with Gasteiger partial charge in [0.05, 0.1) is 6.10 Å². The summed E-state index contributed by atoms with van der Waals surface area (Å²) < 4.78 is 0.893. The molecule has 0 aromatic carbocycles. The van der Waals surface area contributed by atoms with Crippen molar-refractivity contribution in [1.82, 2.24) is 0 Å². The van der Waals surface area contributed by atoms with E-state index in [0.717, 1.165) is 23.7 Å². The van der Waals surface area contributed by atoms with Crippen LogP contribution in [0.25, 0.3) is 0 Å². The summed E-state index contributed by atoms with van der Waals surface area (Å²) in [7, 11) is 0. The summed E-state index contributed by atoms with van der Waals surface area (Å²) in [4.78, 5) is 0. The molecule has 0 aliphatic heterocycles. The van der Waals surface area contributed by atoms with Crippen LogP contribution in [0.3, 0.4) is 0 Å². The molecule has 0 saturated heterocycles. The summed E-state index contributed by atoms with van der Waals surface area (Å²) in [5, 5.41) is 9.72. The summed E-state index contributed by atoms with van der Waals surface area (Å²) in [6, 6.07) is 0. The van der Waals surface area contributed by atoms with Crippen LogP contribution in [0, 0.1) is 5.92 Å². The zero-order valence-electron chi connectivity index (χ0n) is 7.17. The van der Waals surface area contributed by atoms with Crippen LogP contribution < -0.4 is 0 Å². The average Bonchev–Trinajstić information content (AvgIpc) is 2.05. The molecule has 2 heteroatoms. The lowest BCUT2D eigenvalue weighted by Crippen LogP contribution is -2.21. The molecule has 0 aromatic rings. The first-order valence-corrected chi connectivity index (χ1v) is 5.16. The average molecular weight is 231 g/mol. The maximum Gasteiger partial charge on any atom is 0.0616 e. The Bertz CT molecular complexity index is 186. The van der Waals surface area contributed by atoms with Gasteiger partial charge < -0.3 is 5.11 Å². The molecular weight excluding hydrogens is 216 g/mol. The number of rotatable bonds is 3. The molecule has 1 rings (SSSR count). The summed E-state index contributed by atoms with van der Waals surface area (Å²) in [5.74, 6) is 0.435. The second-order valence-electron chi connectivity index (χ2n) is 3.33. The van der Waals surface area contributed by atoms with E-state index >= 15 is 0 Å². The third-order valence-electron chi connectivity index (χ3n) is 2.28. The third kappa shape index (κ3) is 3.11. The fourth-order valence-electron chi connectivity index (χ4n) is 1.56. The Morgan fingerprint density at radius 3 is 2.92 bits per heavy atom. The van der Waals surface area contributed by atoms with Crippen molar-refractivity contribution < 1.29 is 5.11 Å². The zero-order valence-corrected chi connectivity index (χ0v) is 8.76. The van der Waals surface area contributed by atoms with Crippen molar-refractivity contribution in [3.05, 3.63) is 23.2 Å². The van der Waals surface area contributed by atoms with Gasteiger partial charge in [0.2, 0.25) is 0 Å². The van der Waals surface area contributed by atoms with Crippen molar-refractivity contribution in [2.24, 2.45) is 5.92 Å². The quantitative estimate of drug-likeness (QED) is 0.740. The molecule has 2 atom stereocenters. The maximum atomic E-state index is 9.72. The smallest absolute Gasteiger partial charge is 0.0616 e. The standard InChI is InChI=1S/C10H15BrO/c1-8(11)7-10(12)9-5-3-2-4-6-9/h2-3,9-10,12H,1,4-7H2. The largest absolute Gasteiger partial charge is 0.392 e. The Morgan fingerprint density at radius 2 is 2.42 bits per heavy atom. The van der Waals surface area contributed by atoms with Gasteiger partial charge in [0.1, 0.15) is 0 Å². The predicted octanol–water partition coefficient (Wildman–Crippen LogP) is 3.00. The highest BCUT2D eigenvalue weighted by atomic mass is 79.9. The Kier molecular flexibility index (Phi) is 4.02. The highest BCUT2D eigenvalue weighted by molar-refractivity contribution is 9.11. The molecule has 0 spiro atoms. The summed E-state index contributed by atoms with van der Waals surface area (Å²) in [6.07, 6.45) is 8.04. The number of hydrogen-bond donors (Lipinski definition) is 1. The number of halogens is 1. The van der Waals surface area contributed by atoms with Crippen LogP contribution >= 0.6 is 15.9 Å². The van der Waals surface area contributed by atoms with Crippen LogP contribution in [-0.4, -0.2) is 11.2 Å². The predicted molar refractivity (Wildman–Crippen MR) is 55.2 cm³/mol. The fourth-order valence-corrected chi connectivity index (χ4v) is 1.89. The van der Waals surface area contributed by atoms with Crippen molar-refractivity contribution in [3.63, 3.8) is 0 Å². The van der Waals surface area contributed by atoms with Gasteiger partial charge in [0, 0.05) is 6.42 Å². The normalized spacial score (nSPS) is 25.3. The Balaban J connectivity index is 2.35. The van der Waals surface area contributed by atoms with Crippen molar-refractivity contribution in [2.75, 3.05) is 0 Å². The van der Waals surface area contributed by atoms with Gasteiger partial charge in [0.15, 0.2) is 0 Å². The van der Waals surface area contributed by atoms with Crippen LogP contribution in [0.2, 0.25) is 0 Å². The molecule has 0 aromatic heterocycles. The topological polar surface area (TPSA) is 20.2 Å². The highest BCUT2D eigenvalue weighted by Crippen LogP contribution is 2.25. The first-order chi connectivity index (χ1) is 5.70. The van der Waals surface area contributed by atoms with Gasteiger partial charge in [0.25, 0.3) is 0 Å². The molecule has 0 radical (unpaired) electrons. The van der Waals surface area contributed by atoms with Crippen molar-refractivity contribution >= 4 is 15.9 Å². The molecule has 12 heavy (non-hydrogen) atoms.